The molecule has 0 aromatic carbocycles. The molecule has 0 spiro atoms. The number of rotatable bonds is 5. The lowest BCUT2D eigenvalue weighted by Crippen LogP contribution is -2.25. The van der Waals surface area contributed by atoms with Crippen molar-refractivity contribution in [1.29, 1.82) is 0 Å². The number of ketones is 1. The van der Waals surface area contributed by atoms with E-state index in [0.29, 0.717) is 13.1 Å². The van der Waals surface area contributed by atoms with Crippen molar-refractivity contribution in [2.24, 2.45) is 7.05 Å². The summed E-state index contributed by atoms with van der Waals surface area (Å²) in [5.74, 6) is 1.02. The smallest absolute Gasteiger partial charge is 0.178 e. The number of hydrogen-bond acceptors (Lipinski definition) is 3. The van der Waals surface area contributed by atoms with E-state index in [4.69, 9.17) is 4.42 Å². The first-order valence-corrected chi connectivity index (χ1v) is 6.36. The molecule has 2 heterocycles. The van der Waals surface area contributed by atoms with E-state index in [-0.39, 0.29) is 5.78 Å². The van der Waals surface area contributed by atoms with Crippen LogP contribution in [0.2, 0.25) is 0 Å². The van der Waals surface area contributed by atoms with Crippen LogP contribution in [-0.4, -0.2) is 28.8 Å². The van der Waals surface area contributed by atoms with Crippen molar-refractivity contribution in [2.45, 2.75) is 20.4 Å². The summed E-state index contributed by atoms with van der Waals surface area (Å²) in [5.41, 5.74) is 2.94. The molecule has 0 aliphatic carbocycles. The zero-order chi connectivity index (χ0) is 14.0. The summed E-state index contributed by atoms with van der Waals surface area (Å²) >= 11 is 0. The van der Waals surface area contributed by atoms with E-state index in [0.717, 1.165) is 22.7 Å². The first kappa shape index (κ1) is 13.6. The predicted molar refractivity (Wildman–Crippen MR) is 74.3 cm³/mol. The maximum Gasteiger partial charge on any atom is 0.178 e. The second-order valence-electron chi connectivity index (χ2n) is 5.02. The number of Topliss-reactive ketones (excluding diaryl/α,β-unsaturated/α-hetero) is 1. The van der Waals surface area contributed by atoms with Crippen LogP contribution in [0.4, 0.5) is 0 Å². The van der Waals surface area contributed by atoms with Crippen molar-refractivity contribution in [3.63, 3.8) is 0 Å². The molecule has 102 valence electrons. The van der Waals surface area contributed by atoms with Gasteiger partial charge in [0.25, 0.3) is 0 Å². The highest BCUT2D eigenvalue weighted by Gasteiger charge is 2.16. The third kappa shape index (κ3) is 2.96. The molecule has 19 heavy (non-hydrogen) atoms. The van der Waals surface area contributed by atoms with Gasteiger partial charge in [-0.2, -0.15) is 0 Å². The molecular weight excluding hydrogens is 240 g/mol. The maximum absolute atomic E-state index is 12.3. The number of nitrogens with zero attached hydrogens (tertiary/aromatic N) is 2. The minimum atomic E-state index is 0.148. The quantitative estimate of drug-likeness (QED) is 0.775. The molecule has 0 bridgehead atoms. The Labute approximate surface area is 113 Å². The molecule has 4 nitrogen and oxygen atoms in total. The van der Waals surface area contributed by atoms with Gasteiger partial charge >= 0.3 is 0 Å². The van der Waals surface area contributed by atoms with Crippen LogP contribution in [0, 0.1) is 13.8 Å². The van der Waals surface area contributed by atoms with Crippen molar-refractivity contribution in [1.82, 2.24) is 9.47 Å². The van der Waals surface area contributed by atoms with Gasteiger partial charge in [0.2, 0.25) is 0 Å². The lowest BCUT2D eigenvalue weighted by molar-refractivity contribution is 0.0939. The third-order valence-corrected chi connectivity index (χ3v) is 3.49. The van der Waals surface area contributed by atoms with Gasteiger partial charge in [-0.25, -0.2) is 0 Å². The highest BCUT2D eigenvalue weighted by molar-refractivity contribution is 5.98. The highest BCUT2D eigenvalue weighted by Crippen LogP contribution is 2.14. The monoisotopic (exact) mass is 260 g/mol. The van der Waals surface area contributed by atoms with Crippen LogP contribution >= 0.6 is 0 Å². The maximum atomic E-state index is 12.3. The Hall–Kier alpha value is -1.81. The minimum Gasteiger partial charge on any atom is -0.468 e. The molecule has 2 aromatic heterocycles. The van der Waals surface area contributed by atoms with Gasteiger partial charge < -0.3 is 8.98 Å². The van der Waals surface area contributed by atoms with E-state index in [9.17, 15) is 4.79 Å². The molecule has 0 saturated heterocycles. The number of carbonyl (C=O) groups excluding carboxylic acids is 1. The molecular formula is C15H20N2O2. The van der Waals surface area contributed by atoms with E-state index in [1.165, 1.54) is 0 Å². The molecule has 0 atom stereocenters. The van der Waals surface area contributed by atoms with Crippen LogP contribution in [0.5, 0.6) is 0 Å². The van der Waals surface area contributed by atoms with Crippen molar-refractivity contribution >= 4 is 5.78 Å². The Morgan fingerprint density at radius 1 is 1.42 bits per heavy atom. The third-order valence-electron chi connectivity index (χ3n) is 3.49. The number of aromatic nitrogens is 1. The second kappa shape index (κ2) is 5.45. The zero-order valence-electron chi connectivity index (χ0n) is 11.9. The fourth-order valence-corrected chi connectivity index (χ4v) is 2.19. The molecule has 0 fully saturated rings. The molecule has 4 heteroatoms. The first-order valence-electron chi connectivity index (χ1n) is 6.36. The summed E-state index contributed by atoms with van der Waals surface area (Å²) in [4.78, 5) is 14.2. The lowest BCUT2D eigenvalue weighted by atomic mass is 10.1. The van der Waals surface area contributed by atoms with Gasteiger partial charge in [0, 0.05) is 24.0 Å². The fourth-order valence-electron chi connectivity index (χ4n) is 2.19. The Balaban J connectivity index is 2.02. The Kier molecular flexibility index (Phi) is 3.90. The van der Waals surface area contributed by atoms with Crippen molar-refractivity contribution in [2.75, 3.05) is 13.6 Å². The average Bonchev–Trinajstić information content (AvgIpc) is 2.93. The molecule has 0 aliphatic heterocycles. The summed E-state index contributed by atoms with van der Waals surface area (Å²) in [6, 6.07) is 5.73. The number of furan rings is 1. The van der Waals surface area contributed by atoms with E-state index >= 15 is 0 Å². The largest absolute Gasteiger partial charge is 0.468 e. The van der Waals surface area contributed by atoms with Gasteiger partial charge in [-0.1, -0.05) is 0 Å². The van der Waals surface area contributed by atoms with Gasteiger partial charge in [-0.05, 0) is 39.1 Å². The topological polar surface area (TPSA) is 38.4 Å². The Morgan fingerprint density at radius 2 is 2.16 bits per heavy atom. The van der Waals surface area contributed by atoms with Crippen LogP contribution in [0.15, 0.2) is 28.9 Å². The van der Waals surface area contributed by atoms with Crippen molar-refractivity contribution < 1.29 is 9.21 Å². The van der Waals surface area contributed by atoms with Gasteiger partial charge in [0.15, 0.2) is 5.78 Å². The van der Waals surface area contributed by atoms with E-state index in [1.54, 1.807) is 6.26 Å². The van der Waals surface area contributed by atoms with Gasteiger partial charge in [-0.15, -0.1) is 0 Å². The Morgan fingerprint density at radius 3 is 2.68 bits per heavy atom. The van der Waals surface area contributed by atoms with Crippen LogP contribution in [-0.2, 0) is 13.6 Å². The number of hydrogen-bond donors (Lipinski definition) is 0. The number of aryl methyl sites for hydroxylation is 1. The molecule has 2 aromatic rings. The highest BCUT2D eigenvalue weighted by atomic mass is 16.3. The lowest BCUT2D eigenvalue weighted by Gasteiger charge is -2.14. The Bertz CT molecular complexity index is 567. The summed E-state index contributed by atoms with van der Waals surface area (Å²) in [6.45, 7) is 5.03. The van der Waals surface area contributed by atoms with Gasteiger partial charge in [-0.3, -0.25) is 9.69 Å². The van der Waals surface area contributed by atoms with Crippen LogP contribution < -0.4 is 0 Å². The number of carbonyl (C=O) groups is 1. The molecule has 0 radical (unpaired) electrons. The van der Waals surface area contributed by atoms with Crippen LogP contribution in [0.1, 0.15) is 27.5 Å². The van der Waals surface area contributed by atoms with Gasteiger partial charge in [0.1, 0.15) is 5.76 Å². The van der Waals surface area contributed by atoms with E-state index < -0.39 is 0 Å². The normalized spacial score (nSPS) is 11.2. The first-order chi connectivity index (χ1) is 8.99. The fraction of sp³-hybridized carbons (Fsp3) is 0.400. The van der Waals surface area contributed by atoms with Crippen molar-refractivity contribution in [3.8, 4) is 0 Å². The molecule has 0 unspecified atom stereocenters. The van der Waals surface area contributed by atoms with E-state index in [2.05, 4.69) is 0 Å². The molecule has 0 aliphatic rings. The second-order valence-corrected chi connectivity index (χ2v) is 5.02. The van der Waals surface area contributed by atoms with Crippen molar-refractivity contribution in [3.05, 3.63) is 47.2 Å². The molecule has 0 saturated carbocycles. The van der Waals surface area contributed by atoms with E-state index in [1.807, 2.05) is 55.6 Å². The summed E-state index contributed by atoms with van der Waals surface area (Å²) < 4.78 is 7.32. The minimum absolute atomic E-state index is 0.148. The molecule has 0 amide bonds. The van der Waals surface area contributed by atoms with Gasteiger partial charge in [0.05, 0.1) is 19.4 Å². The van der Waals surface area contributed by atoms with Crippen LogP contribution in [0.3, 0.4) is 0 Å². The summed E-state index contributed by atoms with van der Waals surface area (Å²) in [5, 5.41) is 0. The zero-order valence-corrected chi connectivity index (χ0v) is 11.9. The summed E-state index contributed by atoms with van der Waals surface area (Å²) in [6.07, 6.45) is 1.65. The molecule has 2 rings (SSSR count). The predicted octanol–water partition coefficient (Wildman–Crippen LogP) is 2.55. The van der Waals surface area contributed by atoms with Crippen LogP contribution in [0.25, 0.3) is 0 Å². The standard InChI is InChI=1S/C15H20N2O2/c1-11-8-14(12(2)17(11)4)15(18)10-16(3)9-13-6-5-7-19-13/h5-8H,9-10H2,1-4H3. The summed E-state index contributed by atoms with van der Waals surface area (Å²) in [7, 11) is 3.90. The average molecular weight is 260 g/mol. The SMILES string of the molecule is Cc1cc(C(=O)CN(C)Cc2ccco2)c(C)n1C. The molecule has 0 N–H and O–H groups in total. The number of likely N-dealkylation sites (N-methyl/N-ethyl adjacent to an activating group) is 1.